The summed E-state index contributed by atoms with van der Waals surface area (Å²) in [5.74, 6) is -0.204. The maximum Gasteiger partial charge on any atom is 0.174 e. The first kappa shape index (κ1) is 22.0. The van der Waals surface area contributed by atoms with Crippen LogP contribution in [0.3, 0.4) is 0 Å². The number of pyridine rings is 1. The van der Waals surface area contributed by atoms with Crippen molar-refractivity contribution in [2.75, 3.05) is 7.11 Å². The van der Waals surface area contributed by atoms with E-state index in [1.807, 2.05) is 32.0 Å². The number of imidazole rings is 1. The molecule has 2 aromatic carbocycles. The molecule has 4 rings (SSSR count). The molecule has 0 radical (unpaired) electrons. The van der Waals surface area contributed by atoms with Crippen LogP contribution in [0.2, 0.25) is 0 Å². The Morgan fingerprint density at radius 3 is 2.50 bits per heavy atom. The predicted molar refractivity (Wildman–Crippen MR) is 122 cm³/mol. The van der Waals surface area contributed by atoms with Crippen molar-refractivity contribution < 1.29 is 18.6 Å². The number of nitrogens with zero attached hydrogens (tertiary/aromatic N) is 2. The molecule has 6 heteroatoms. The van der Waals surface area contributed by atoms with E-state index < -0.39 is 11.4 Å². The number of aromatic nitrogens is 2. The monoisotopic (exact) mass is 436 g/mol. The summed E-state index contributed by atoms with van der Waals surface area (Å²) in [6, 6.07) is 12.0. The van der Waals surface area contributed by atoms with Gasteiger partial charge >= 0.3 is 0 Å². The lowest BCUT2D eigenvalue weighted by molar-refractivity contribution is 0.0746. The number of rotatable bonds is 5. The summed E-state index contributed by atoms with van der Waals surface area (Å²) in [6.45, 7) is 7.15. The number of ether oxygens (including phenoxy) is 1. The molecule has 0 bridgehead atoms. The Bertz CT molecular complexity index is 1300. The summed E-state index contributed by atoms with van der Waals surface area (Å²) in [4.78, 5) is 4.23. The van der Waals surface area contributed by atoms with E-state index in [1.54, 1.807) is 36.0 Å². The third-order valence-corrected chi connectivity index (χ3v) is 5.71. The van der Waals surface area contributed by atoms with Crippen LogP contribution >= 0.6 is 0 Å². The molecule has 0 atom stereocenters. The van der Waals surface area contributed by atoms with Gasteiger partial charge in [-0.15, -0.1) is 0 Å². The maximum absolute atomic E-state index is 15.1. The van der Waals surface area contributed by atoms with Crippen LogP contribution in [-0.2, 0) is 5.60 Å². The fourth-order valence-corrected chi connectivity index (χ4v) is 4.07. The Morgan fingerprint density at radius 1 is 1.09 bits per heavy atom. The zero-order valence-corrected chi connectivity index (χ0v) is 18.8. The van der Waals surface area contributed by atoms with Gasteiger partial charge < -0.3 is 9.84 Å². The minimum atomic E-state index is -1.34. The lowest BCUT2D eigenvalue weighted by Crippen LogP contribution is -2.18. The molecule has 1 N–H and O–H groups in total. The van der Waals surface area contributed by atoms with Crippen molar-refractivity contribution in [3.05, 3.63) is 77.6 Å². The van der Waals surface area contributed by atoms with Crippen molar-refractivity contribution in [2.45, 2.75) is 39.2 Å². The van der Waals surface area contributed by atoms with E-state index in [2.05, 4.69) is 4.98 Å². The van der Waals surface area contributed by atoms with Gasteiger partial charge in [-0.2, -0.15) is 0 Å². The molecule has 0 amide bonds. The van der Waals surface area contributed by atoms with Crippen LogP contribution in [0.5, 0.6) is 5.75 Å². The standard InChI is InChI=1S/C26H26F2N2O2/c1-15(2)17-7-6-8-22(32-5)23(17)18-13-16(9-10-20(18)27)21-14-29-25-24(28)19(26(3,4)31)11-12-30(21)25/h6-15,31H,1-5H3. The van der Waals surface area contributed by atoms with E-state index in [0.717, 1.165) is 5.56 Å². The summed E-state index contributed by atoms with van der Waals surface area (Å²) in [6.07, 6.45) is 3.22. The number of aliphatic hydroxyl groups is 1. The van der Waals surface area contributed by atoms with Gasteiger partial charge in [0.25, 0.3) is 0 Å². The van der Waals surface area contributed by atoms with Crippen molar-refractivity contribution in [3.63, 3.8) is 0 Å². The van der Waals surface area contributed by atoms with Gasteiger partial charge in [-0.05, 0) is 55.7 Å². The van der Waals surface area contributed by atoms with E-state index in [1.165, 1.54) is 26.0 Å². The first-order valence-electron chi connectivity index (χ1n) is 10.5. The average molecular weight is 437 g/mol. The lowest BCUT2D eigenvalue weighted by Gasteiger charge is -2.19. The molecule has 32 heavy (non-hydrogen) atoms. The van der Waals surface area contributed by atoms with Gasteiger partial charge in [0.2, 0.25) is 0 Å². The largest absolute Gasteiger partial charge is 0.496 e. The van der Waals surface area contributed by atoms with Crippen molar-refractivity contribution in [3.8, 4) is 28.1 Å². The first-order chi connectivity index (χ1) is 15.1. The molecular formula is C26H26F2N2O2. The molecule has 0 unspecified atom stereocenters. The third-order valence-electron chi connectivity index (χ3n) is 5.71. The summed E-state index contributed by atoms with van der Waals surface area (Å²) in [5.41, 5.74) is 2.31. The van der Waals surface area contributed by atoms with E-state index in [4.69, 9.17) is 4.74 Å². The lowest BCUT2D eigenvalue weighted by atomic mass is 9.90. The second kappa shape index (κ2) is 8.02. The number of benzene rings is 2. The molecule has 2 heterocycles. The smallest absolute Gasteiger partial charge is 0.174 e. The Labute approximate surface area is 186 Å². The number of hydrogen-bond acceptors (Lipinski definition) is 3. The van der Waals surface area contributed by atoms with Gasteiger partial charge in [0.15, 0.2) is 11.5 Å². The molecule has 0 aliphatic heterocycles. The SMILES string of the molecule is COc1cccc(C(C)C)c1-c1cc(-c2cnc3c(F)c(C(C)(C)O)ccn23)ccc1F. The fraction of sp³-hybridized carbons (Fsp3) is 0.269. The van der Waals surface area contributed by atoms with Crippen LogP contribution in [0.15, 0.2) is 54.9 Å². The predicted octanol–water partition coefficient (Wildman–Crippen LogP) is 6.31. The minimum absolute atomic E-state index is 0.102. The molecule has 4 aromatic rings. The molecule has 166 valence electrons. The van der Waals surface area contributed by atoms with Gasteiger partial charge in [0, 0.05) is 28.5 Å². The zero-order chi connectivity index (χ0) is 23.2. The quantitative estimate of drug-likeness (QED) is 0.399. The molecule has 0 saturated heterocycles. The highest BCUT2D eigenvalue weighted by molar-refractivity contribution is 5.79. The van der Waals surface area contributed by atoms with E-state index >= 15 is 8.78 Å². The summed E-state index contributed by atoms with van der Waals surface area (Å²) in [7, 11) is 1.57. The van der Waals surface area contributed by atoms with E-state index in [-0.39, 0.29) is 22.9 Å². The van der Waals surface area contributed by atoms with Crippen LogP contribution in [0, 0.1) is 11.6 Å². The molecule has 0 fully saturated rings. The van der Waals surface area contributed by atoms with Gasteiger partial charge in [-0.3, -0.25) is 4.40 Å². The van der Waals surface area contributed by atoms with Crippen LogP contribution in [0.25, 0.3) is 28.0 Å². The van der Waals surface area contributed by atoms with Crippen molar-refractivity contribution in [2.24, 2.45) is 0 Å². The number of hydrogen-bond donors (Lipinski definition) is 1. The molecule has 4 nitrogen and oxygen atoms in total. The van der Waals surface area contributed by atoms with E-state index in [9.17, 15) is 5.11 Å². The van der Waals surface area contributed by atoms with Gasteiger partial charge in [-0.1, -0.05) is 26.0 Å². The number of fused-ring (bicyclic) bond motifs is 1. The topological polar surface area (TPSA) is 46.8 Å². The molecule has 0 saturated carbocycles. The Hall–Kier alpha value is -3.25. The second-order valence-corrected chi connectivity index (χ2v) is 8.71. The first-order valence-corrected chi connectivity index (χ1v) is 10.5. The highest BCUT2D eigenvalue weighted by Crippen LogP contribution is 2.40. The van der Waals surface area contributed by atoms with E-state index in [0.29, 0.717) is 28.1 Å². The zero-order valence-electron chi connectivity index (χ0n) is 18.8. The minimum Gasteiger partial charge on any atom is -0.496 e. The number of halogens is 2. The van der Waals surface area contributed by atoms with Crippen molar-refractivity contribution in [1.82, 2.24) is 9.38 Å². The second-order valence-electron chi connectivity index (χ2n) is 8.71. The molecular weight excluding hydrogens is 410 g/mol. The summed E-state index contributed by atoms with van der Waals surface area (Å²) in [5, 5.41) is 10.2. The fourth-order valence-electron chi connectivity index (χ4n) is 4.07. The molecule has 0 aliphatic carbocycles. The van der Waals surface area contributed by atoms with Gasteiger partial charge in [0.1, 0.15) is 11.6 Å². The van der Waals surface area contributed by atoms with Crippen LogP contribution in [-0.4, -0.2) is 21.6 Å². The Kier molecular flexibility index (Phi) is 5.51. The maximum atomic E-state index is 15.1. The Balaban J connectivity index is 1.92. The highest BCUT2D eigenvalue weighted by atomic mass is 19.1. The summed E-state index contributed by atoms with van der Waals surface area (Å²) < 4.78 is 37.2. The van der Waals surface area contributed by atoms with Crippen LogP contribution in [0.1, 0.15) is 44.7 Å². The average Bonchev–Trinajstić information content (AvgIpc) is 3.18. The van der Waals surface area contributed by atoms with Crippen molar-refractivity contribution in [1.29, 1.82) is 0 Å². The van der Waals surface area contributed by atoms with Crippen LogP contribution in [0.4, 0.5) is 8.78 Å². The molecule has 2 aromatic heterocycles. The van der Waals surface area contributed by atoms with Crippen LogP contribution < -0.4 is 4.74 Å². The Morgan fingerprint density at radius 2 is 1.84 bits per heavy atom. The third kappa shape index (κ3) is 3.65. The molecule has 0 spiro atoms. The van der Waals surface area contributed by atoms with Crippen molar-refractivity contribution >= 4 is 5.65 Å². The normalized spacial score (nSPS) is 12.0. The number of methoxy groups -OCH3 is 1. The summed E-state index contributed by atoms with van der Waals surface area (Å²) >= 11 is 0. The highest BCUT2D eigenvalue weighted by Gasteiger charge is 2.24. The molecule has 0 aliphatic rings. The van der Waals surface area contributed by atoms with Gasteiger partial charge in [-0.25, -0.2) is 13.8 Å². The van der Waals surface area contributed by atoms with Gasteiger partial charge in [0.05, 0.1) is 24.6 Å².